The number of halogens is 5. The summed E-state index contributed by atoms with van der Waals surface area (Å²) in [5, 5.41) is 14.6. The molecule has 0 unspecified atom stereocenters. The van der Waals surface area contributed by atoms with Crippen LogP contribution in [0.25, 0.3) is 0 Å². The molecule has 3 rings (SSSR count). The Morgan fingerprint density at radius 1 is 1.15 bits per heavy atom. The van der Waals surface area contributed by atoms with Crippen LogP contribution in [0.3, 0.4) is 0 Å². The second-order valence-corrected chi connectivity index (χ2v) is 11.6. The number of anilines is 2. The average Bonchev–Trinajstić information content (AvgIpc) is 3.38. The number of sulfonamides is 1. The molecule has 0 spiro atoms. The van der Waals surface area contributed by atoms with Gasteiger partial charge in [0.25, 0.3) is 5.91 Å². The van der Waals surface area contributed by atoms with Crippen molar-refractivity contribution in [3.63, 3.8) is 0 Å². The molecule has 1 atom stereocenters. The van der Waals surface area contributed by atoms with Crippen molar-refractivity contribution >= 4 is 45.0 Å². The first-order chi connectivity index (χ1) is 18.8. The van der Waals surface area contributed by atoms with Crippen molar-refractivity contribution in [2.45, 2.75) is 60.7 Å². The minimum atomic E-state index is -4.76. The van der Waals surface area contributed by atoms with Crippen LogP contribution in [0.1, 0.15) is 42.6 Å². The number of hydrogen-bond acceptors (Lipinski definition) is 9. The molecule has 1 aromatic heterocycles. The number of hydrogen-bond donors (Lipinski definition) is 4. The van der Waals surface area contributed by atoms with Gasteiger partial charge in [-0.25, -0.2) is 26.5 Å². The van der Waals surface area contributed by atoms with E-state index in [-0.39, 0.29) is 28.0 Å². The number of carbonyl (C=O) groups excluding carboxylic acids is 2. The highest BCUT2D eigenvalue weighted by Crippen LogP contribution is 2.30. The van der Waals surface area contributed by atoms with E-state index in [1.807, 2.05) is 0 Å². The summed E-state index contributed by atoms with van der Waals surface area (Å²) in [7, 11) is -3.19. The van der Waals surface area contributed by atoms with E-state index in [0.717, 1.165) is 25.3 Å². The molecule has 0 radical (unpaired) electrons. The molecule has 1 saturated carbocycles. The van der Waals surface area contributed by atoms with Gasteiger partial charge in [-0.05, 0) is 47.3 Å². The minimum absolute atomic E-state index is 0.0832. The van der Waals surface area contributed by atoms with E-state index in [1.54, 1.807) is 0 Å². The molecule has 4 N–H and O–H groups in total. The fourth-order valence-corrected chi connectivity index (χ4v) is 5.99. The van der Waals surface area contributed by atoms with Gasteiger partial charge in [0.15, 0.2) is 5.03 Å². The molecule has 0 aliphatic heterocycles. The summed E-state index contributed by atoms with van der Waals surface area (Å²) in [6.45, 7) is -1.76. The molecular formula is C22H27F5N6O5S2. The van der Waals surface area contributed by atoms with Crippen molar-refractivity contribution in [1.29, 1.82) is 0 Å². The van der Waals surface area contributed by atoms with Gasteiger partial charge < -0.3 is 16.0 Å². The van der Waals surface area contributed by atoms with Gasteiger partial charge in [0.2, 0.25) is 28.0 Å². The molecule has 1 aliphatic rings. The van der Waals surface area contributed by atoms with Crippen LogP contribution in [0, 0.1) is 5.92 Å². The van der Waals surface area contributed by atoms with E-state index in [9.17, 15) is 40.0 Å². The Kier molecular flexibility index (Phi) is 10.7. The predicted octanol–water partition coefficient (Wildman–Crippen LogP) is 3.63. The normalized spacial score (nSPS) is 15.6. The summed E-state index contributed by atoms with van der Waals surface area (Å²) in [6, 6.07) is 2.37. The lowest BCUT2D eigenvalue weighted by Crippen LogP contribution is -2.49. The fraction of sp³-hybridized carbons (Fsp3) is 0.545. The van der Waals surface area contributed by atoms with Gasteiger partial charge in [-0.15, -0.1) is 0 Å². The highest BCUT2D eigenvalue weighted by molar-refractivity contribution is 7.99. The number of amides is 2. The number of nitrogens with one attached hydrogen (secondary N) is 4. The molecule has 2 aromatic rings. The monoisotopic (exact) mass is 614 g/mol. The van der Waals surface area contributed by atoms with Crippen molar-refractivity contribution in [1.82, 2.24) is 20.4 Å². The maximum Gasteiger partial charge on any atom is 0.402 e. The lowest BCUT2D eigenvalue weighted by Gasteiger charge is -2.30. The van der Waals surface area contributed by atoms with E-state index >= 15 is 0 Å². The van der Waals surface area contributed by atoms with Crippen LogP contribution in [-0.4, -0.2) is 68.5 Å². The Bertz CT molecular complexity index is 1290. The first kappa shape index (κ1) is 31.5. The van der Waals surface area contributed by atoms with E-state index in [1.165, 1.54) is 23.9 Å². The third kappa shape index (κ3) is 8.76. The first-order valence-electron chi connectivity index (χ1n) is 12.0. The van der Waals surface area contributed by atoms with Gasteiger partial charge in [-0.3, -0.25) is 9.59 Å². The van der Waals surface area contributed by atoms with Crippen molar-refractivity contribution in [2.24, 2.45) is 5.92 Å². The third-order valence-electron chi connectivity index (χ3n) is 5.98. The number of rotatable bonds is 12. The van der Waals surface area contributed by atoms with Gasteiger partial charge >= 0.3 is 6.18 Å². The molecule has 222 valence electrons. The molecule has 11 nitrogen and oxygen atoms in total. The molecule has 2 amide bonds. The maximum absolute atomic E-state index is 13.3. The first-order valence-corrected chi connectivity index (χ1v) is 14.5. The number of carbonyl (C=O) groups is 2. The molecule has 0 saturated heterocycles. The number of thioether (sulfide) groups is 1. The van der Waals surface area contributed by atoms with Gasteiger partial charge in [0.05, 0.1) is 11.4 Å². The zero-order valence-electron chi connectivity index (χ0n) is 21.1. The standard InChI is InChI=1S/C22H27F5N6O5S2/c1-28-14-9-13(7-8-15(14)40(36,37)29-11-22(25,26)27)30-19(34)17(12-5-3-2-4-6-12)31-20(35)18-21(33-38-32-18)39-10-16(23)24/h7-9,12,16-17,28-29H,2-6,10-11H2,1H3,(H,30,34)(H,31,35)/t17-/m0/s1. The zero-order chi connectivity index (χ0) is 29.5. The van der Waals surface area contributed by atoms with Crippen molar-refractivity contribution in [2.75, 3.05) is 30.0 Å². The Hall–Kier alpha value is -2.99. The highest BCUT2D eigenvalue weighted by Gasteiger charge is 2.34. The quantitative estimate of drug-likeness (QED) is 0.207. The average molecular weight is 615 g/mol. The highest BCUT2D eigenvalue weighted by atomic mass is 32.2. The number of nitrogens with zero attached hydrogens (tertiary/aromatic N) is 2. The van der Waals surface area contributed by atoms with Crippen molar-refractivity contribution in [3.8, 4) is 0 Å². The molecule has 1 aromatic carbocycles. The Morgan fingerprint density at radius 3 is 2.48 bits per heavy atom. The van der Waals surface area contributed by atoms with Crippen LogP contribution in [-0.2, 0) is 14.8 Å². The van der Waals surface area contributed by atoms with E-state index in [0.29, 0.717) is 24.6 Å². The van der Waals surface area contributed by atoms with Crippen LogP contribution in [0.2, 0.25) is 0 Å². The zero-order valence-corrected chi connectivity index (χ0v) is 22.7. The summed E-state index contributed by atoms with van der Waals surface area (Å²) in [6.07, 6.45) is -3.62. The van der Waals surface area contributed by atoms with Crippen LogP contribution in [0.5, 0.6) is 0 Å². The fourth-order valence-electron chi connectivity index (χ4n) is 4.14. The molecule has 1 heterocycles. The molecule has 40 heavy (non-hydrogen) atoms. The van der Waals surface area contributed by atoms with Gasteiger partial charge in [-0.1, -0.05) is 31.0 Å². The smallest absolute Gasteiger partial charge is 0.387 e. The lowest BCUT2D eigenvalue weighted by atomic mass is 9.83. The number of aromatic nitrogens is 2. The minimum Gasteiger partial charge on any atom is -0.387 e. The predicted molar refractivity (Wildman–Crippen MR) is 135 cm³/mol. The van der Waals surface area contributed by atoms with Crippen LogP contribution < -0.4 is 20.7 Å². The second-order valence-electron chi connectivity index (χ2n) is 8.86. The lowest BCUT2D eigenvalue weighted by molar-refractivity contribution is -0.121. The Balaban J connectivity index is 1.80. The van der Waals surface area contributed by atoms with Gasteiger partial charge in [-0.2, -0.15) is 13.2 Å². The SMILES string of the molecule is CNc1cc(NC(=O)[C@@H](NC(=O)c2nonc2SCC(F)F)C2CCCCC2)ccc1S(=O)(=O)NCC(F)(F)F. The second kappa shape index (κ2) is 13.6. The summed E-state index contributed by atoms with van der Waals surface area (Å²) < 4.78 is 93.6. The topological polar surface area (TPSA) is 155 Å². The van der Waals surface area contributed by atoms with Crippen molar-refractivity contribution in [3.05, 3.63) is 23.9 Å². The van der Waals surface area contributed by atoms with Crippen molar-refractivity contribution < 1.29 is 44.6 Å². The number of benzene rings is 1. The molecule has 0 bridgehead atoms. The molecule has 18 heteroatoms. The van der Waals surface area contributed by atoms with E-state index in [2.05, 4.69) is 30.9 Å². The molecule has 1 aliphatic carbocycles. The Morgan fingerprint density at radius 2 is 1.85 bits per heavy atom. The number of alkyl halides is 5. The maximum atomic E-state index is 13.3. The summed E-state index contributed by atoms with van der Waals surface area (Å²) in [4.78, 5) is 25.8. The Labute approximate surface area is 230 Å². The third-order valence-corrected chi connectivity index (χ3v) is 8.40. The summed E-state index contributed by atoms with van der Waals surface area (Å²) >= 11 is 0.574. The van der Waals surface area contributed by atoms with Gasteiger partial charge in [0, 0.05) is 12.7 Å². The summed E-state index contributed by atoms with van der Waals surface area (Å²) in [5.41, 5.74) is -0.326. The van der Waals surface area contributed by atoms with Crippen LogP contribution in [0.4, 0.5) is 33.3 Å². The van der Waals surface area contributed by atoms with E-state index < -0.39 is 57.7 Å². The van der Waals surface area contributed by atoms with Crippen LogP contribution >= 0.6 is 11.8 Å². The largest absolute Gasteiger partial charge is 0.402 e. The molecular weight excluding hydrogens is 587 g/mol. The van der Waals surface area contributed by atoms with Gasteiger partial charge in [0.1, 0.15) is 17.5 Å². The van der Waals surface area contributed by atoms with Crippen LogP contribution in [0.15, 0.2) is 32.7 Å². The van der Waals surface area contributed by atoms with E-state index in [4.69, 9.17) is 0 Å². The molecule has 1 fully saturated rings. The summed E-state index contributed by atoms with van der Waals surface area (Å²) in [5.74, 6) is -2.42.